The van der Waals surface area contributed by atoms with Crippen LogP contribution in [0.4, 0.5) is 0 Å². The van der Waals surface area contributed by atoms with Crippen LogP contribution in [0.25, 0.3) is 0 Å². The number of rotatable bonds is 2. The summed E-state index contributed by atoms with van der Waals surface area (Å²) in [4.78, 5) is 8.95. The van der Waals surface area contributed by atoms with Gasteiger partial charge in [0.15, 0.2) is 0 Å². The van der Waals surface area contributed by atoms with Crippen LogP contribution in [-0.4, -0.2) is 4.89 Å². The van der Waals surface area contributed by atoms with Crippen molar-refractivity contribution in [2.75, 3.05) is 0 Å². The van der Waals surface area contributed by atoms with Gasteiger partial charge in [-0.25, -0.2) is 0 Å². The second-order valence-corrected chi connectivity index (χ2v) is 4.26. The molecule has 5 N–H and O–H groups in total. The fourth-order valence-electron chi connectivity index (χ4n) is 0.846. The molecule has 1 rings (SSSR count). The Labute approximate surface area is 70.7 Å². The van der Waals surface area contributed by atoms with E-state index in [2.05, 4.69) is 0 Å². The van der Waals surface area contributed by atoms with E-state index in [0.29, 0.717) is 6.54 Å². The third-order valence-corrected chi connectivity index (χ3v) is 2.58. The molecule has 0 aliphatic rings. The van der Waals surface area contributed by atoms with Crippen molar-refractivity contribution in [2.24, 2.45) is 11.2 Å². The van der Waals surface area contributed by atoms with Gasteiger partial charge in [-0.15, -0.1) is 0 Å². The monoisotopic (exact) mass is 186 g/mol. The van der Waals surface area contributed by atoms with Crippen LogP contribution >= 0.6 is 7.52 Å². The average Bonchev–Trinajstić information content (AvgIpc) is 2.03. The van der Waals surface area contributed by atoms with E-state index in [9.17, 15) is 4.57 Å². The molecule has 4 nitrogen and oxygen atoms in total. The van der Waals surface area contributed by atoms with Gasteiger partial charge >= 0.3 is 0 Å². The van der Waals surface area contributed by atoms with E-state index in [-0.39, 0.29) is 5.30 Å². The van der Waals surface area contributed by atoms with Crippen molar-refractivity contribution in [3.8, 4) is 0 Å². The van der Waals surface area contributed by atoms with Crippen LogP contribution in [0.15, 0.2) is 24.3 Å². The zero-order chi connectivity index (χ0) is 9.19. The third kappa shape index (κ3) is 2.16. The Morgan fingerprint density at radius 3 is 2.17 bits per heavy atom. The SMILES string of the molecule is NCc1ccc(P(N)(=O)O)cc1. The van der Waals surface area contributed by atoms with E-state index >= 15 is 0 Å². The molecule has 0 bridgehead atoms. The molecule has 1 atom stereocenters. The van der Waals surface area contributed by atoms with Crippen LogP contribution in [0, 0.1) is 0 Å². The van der Waals surface area contributed by atoms with Gasteiger partial charge in [0.1, 0.15) is 0 Å². The smallest absolute Gasteiger partial charge is 0.294 e. The molecule has 0 saturated carbocycles. The fraction of sp³-hybridized carbons (Fsp3) is 0.143. The minimum Gasteiger partial charge on any atom is -0.330 e. The van der Waals surface area contributed by atoms with E-state index in [1.807, 2.05) is 0 Å². The Balaban J connectivity index is 3.01. The summed E-state index contributed by atoms with van der Waals surface area (Å²) >= 11 is 0. The van der Waals surface area contributed by atoms with E-state index in [1.165, 1.54) is 12.1 Å². The maximum absolute atomic E-state index is 10.9. The second-order valence-electron chi connectivity index (χ2n) is 2.49. The fourth-order valence-corrected chi connectivity index (χ4v) is 1.42. The van der Waals surface area contributed by atoms with E-state index < -0.39 is 7.52 Å². The number of hydrogen-bond donors (Lipinski definition) is 3. The van der Waals surface area contributed by atoms with Gasteiger partial charge < -0.3 is 10.6 Å². The van der Waals surface area contributed by atoms with Gasteiger partial charge in [0.2, 0.25) is 0 Å². The maximum atomic E-state index is 10.9. The molecule has 5 heteroatoms. The first-order valence-electron chi connectivity index (χ1n) is 3.45. The van der Waals surface area contributed by atoms with Crippen LogP contribution in [0.5, 0.6) is 0 Å². The highest BCUT2D eigenvalue weighted by Gasteiger charge is 2.13. The van der Waals surface area contributed by atoms with Crippen molar-refractivity contribution in [1.82, 2.24) is 0 Å². The molecule has 0 amide bonds. The molecule has 0 heterocycles. The summed E-state index contributed by atoms with van der Waals surface area (Å²) < 4.78 is 10.9. The Bertz CT molecular complexity index is 304. The summed E-state index contributed by atoms with van der Waals surface area (Å²) in [5.74, 6) is 0. The van der Waals surface area contributed by atoms with Crippen molar-refractivity contribution in [3.05, 3.63) is 29.8 Å². The van der Waals surface area contributed by atoms with E-state index in [0.717, 1.165) is 5.56 Å². The largest absolute Gasteiger partial charge is 0.330 e. The lowest BCUT2D eigenvalue weighted by molar-refractivity contribution is 0.491. The van der Waals surface area contributed by atoms with Crippen LogP contribution < -0.4 is 16.5 Å². The highest BCUT2D eigenvalue weighted by Crippen LogP contribution is 2.27. The molecule has 0 radical (unpaired) electrons. The molecule has 1 aromatic carbocycles. The van der Waals surface area contributed by atoms with Crippen LogP contribution in [0.3, 0.4) is 0 Å². The Kier molecular flexibility index (Phi) is 2.65. The molecular formula is C7H11N2O2P. The summed E-state index contributed by atoms with van der Waals surface area (Å²) in [6.45, 7) is 0.417. The lowest BCUT2D eigenvalue weighted by Gasteiger charge is -2.04. The second kappa shape index (κ2) is 3.37. The molecule has 0 aliphatic heterocycles. The van der Waals surface area contributed by atoms with Gasteiger partial charge in [0.25, 0.3) is 7.52 Å². The predicted octanol–water partition coefficient (Wildman–Crippen LogP) is -0.0853. The number of benzene rings is 1. The van der Waals surface area contributed by atoms with Gasteiger partial charge in [-0.3, -0.25) is 10.1 Å². The zero-order valence-electron chi connectivity index (χ0n) is 6.47. The molecule has 0 saturated heterocycles. The van der Waals surface area contributed by atoms with Crippen molar-refractivity contribution < 1.29 is 9.46 Å². The standard InChI is InChI=1S/C7H11N2O2P/c8-5-6-1-3-7(4-2-6)12(9,10)11/h1-4H,5,8H2,(H3,9,10,11). The summed E-state index contributed by atoms with van der Waals surface area (Å²) in [6.07, 6.45) is 0. The van der Waals surface area contributed by atoms with Gasteiger partial charge in [0, 0.05) is 6.54 Å². The molecule has 66 valence electrons. The lowest BCUT2D eigenvalue weighted by atomic mass is 10.2. The summed E-state index contributed by atoms with van der Waals surface area (Å²) in [7, 11) is -3.59. The summed E-state index contributed by atoms with van der Waals surface area (Å²) in [5.41, 5.74) is 11.3. The molecule has 0 aromatic heterocycles. The quantitative estimate of drug-likeness (QED) is 0.563. The van der Waals surface area contributed by atoms with Crippen molar-refractivity contribution in [1.29, 1.82) is 0 Å². The molecule has 1 aromatic rings. The lowest BCUT2D eigenvalue weighted by Crippen LogP contribution is -2.11. The molecular weight excluding hydrogens is 175 g/mol. The first-order valence-corrected chi connectivity index (χ1v) is 5.18. The van der Waals surface area contributed by atoms with Crippen molar-refractivity contribution in [2.45, 2.75) is 6.54 Å². The van der Waals surface area contributed by atoms with Gasteiger partial charge in [-0.05, 0) is 17.7 Å². The molecule has 12 heavy (non-hydrogen) atoms. The van der Waals surface area contributed by atoms with Crippen molar-refractivity contribution >= 4 is 12.8 Å². The zero-order valence-corrected chi connectivity index (χ0v) is 7.37. The summed E-state index contributed by atoms with van der Waals surface area (Å²) in [5, 5.41) is 0.250. The molecule has 0 fully saturated rings. The highest BCUT2D eigenvalue weighted by molar-refractivity contribution is 7.63. The van der Waals surface area contributed by atoms with Crippen molar-refractivity contribution in [3.63, 3.8) is 0 Å². The predicted molar refractivity (Wildman–Crippen MR) is 48.0 cm³/mol. The Hall–Kier alpha value is -0.670. The third-order valence-electron chi connectivity index (χ3n) is 1.54. The van der Waals surface area contributed by atoms with Crippen LogP contribution in [-0.2, 0) is 11.1 Å². The minimum atomic E-state index is -3.59. The molecule has 0 spiro atoms. The van der Waals surface area contributed by atoms with Crippen LogP contribution in [0.2, 0.25) is 0 Å². The van der Waals surface area contributed by atoms with E-state index in [1.54, 1.807) is 12.1 Å². The van der Waals surface area contributed by atoms with Crippen LogP contribution in [0.1, 0.15) is 5.56 Å². The first kappa shape index (κ1) is 9.42. The highest BCUT2D eigenvalue weighted by atomic mass is 31.2. The first-order chi connectivity index (χ1) is 5.54. The molecule has 0 aliphatic carbocycles. The number of nitrogens with two attached hydrogens (primary N) is 2. The Morgan fingerprint density at radius 2 is 1.83 bits per heavy atom. The topological polar surface area (TPSA) is 89.3 Å². The van der Waals surface area contributed by atoms with Gasteiger partial charge in [0.05, 0.1) is 5.30 Å². The normalized spacial score (nSPS) is 15.6. The maximum Gasteiger partial charge on any atom is 0.294 e. The number of hydrogen-bond acceptors (Lipinski definition) is 2. The minimum absolute atomic E-state index is 0.250. The summed E-state index contributed by atoms with van der Waals surface area (Å²) in [6, 6.07) is 6.40. The van der Waals surface area contributed by atoms with Gasteiger partial charge in [-0.2, -0.15) is 0 Å². The van der Waals surface area contributed by atoms with E-state index in [4.69, 9.17) is 16.1 Å². The molecule has 1 unspecified atom stereocenters. The average molecular weight is 186 g/mol. The Morgan fingerprint density at radius 1 is 1.33 bits per heavy atom. The van der Waals surface area contributed by atoms with Gasteiger partial charge in [-0.1, -0.05) is 12.1 Å².